The first-order valence-corrected chi connectivity index (χ1v) is 22.3. The van der Waals surface area contributed by atoms with Crippen molar-refractivity contribution in [3.63, 3.8) is 0 Å². The van der Waals surface area contributed by atoms with Crippen molar-refractivity contribution in [3.05, 3.63) is 85.1 Å². The number of rotatable bonds is 3. The average Bonchev–Trinajstić information content (AvgIpc) is 3.21. The second-order valence-corrected chi connectivity index (χ2v) is 17.6. The largest absolute Gasteiger partial charge is 0.481 e. The highest BCUT2D eigenvalue weighted by Gasteiger charge is 2.51. The Morgan fingerprint density at radius 2 is 1.20 bits per heavy atom. The van der Waals surface area contributed by atoms with E-state index < -0.39 is 141 Å². The Balaban J connectivity index is 1.86. The van der Waals surface area contributed by atoms with Crippen molar-refractivity contribution in [2.24, 2.45) is 23.5 Å². The third kappa shape index (κ3) is 18.6. The Labute approximate surface area is 381 Å². The molecule has 13 N–H and O–H groups in total. The minimum Gasteiger partial charge on any atom is -0.481 e. The highest BCUT2D eigenvalue weighted by molar-refractivity contribution is 5.71. The van der Waals surface area contributed by atoms with Gasteiger partial charge in [-0.3, -0.25) is 9.59 Å². The number of carboxylic acid groups (broad SMARTS) is 1. The first-order valence-electron chi connectivity index (χ1n) is 22.3. The van der Waals surface area contributed by atoms with E-state index in [0.29, 0.717) is 0 Å². The van der Waals surface area contributed by atoms with Gasteiger partial charge in [-0.1, -0.05) is 98.9 Å². The summed E-state index contributed by atoms with van der Waals surface area (Å²) in [4.78, 5) is 25.1. The van der Waals surface area contributed by atoms with Gasteiger partial charge in [0.25, 0.3) is 0 Å². The molecule has 0 saturated carbocycles. The first-order chi connectivity index (χ1) is 30.6. The number of aliphatic hydroxyl groups excluding tert-OH is 9. The van der Waals surface area contributed by atoms with Crippen LogP contribution in [0.3, 0.4) is 0 Å². The van der Waals surface area contributed by atoms with Gasteiger partial charge >= 0.3 is 11.9 Å². The number of carbonyl (C=O) groups is 2. The summed E-state index contributed by atoms with van der Waals surface area (Å²) in [5.41, 5.74) is 6.02. The van der Waals surface area contributed by atoms with Crippen molar-refractivity contribution >= 4 is 11.9 Å². The van der Waals surface area contributed by atoms with E-state index in [0.717, 1.165) is 0 Å². The summed E-state index contributed by atoms with van der Waals surface area (Å²) < 4.78 is 23.1. The van der Waals surface area contributed by atoms with E-state index in [1.54, 1.807) is 86.8 Å². The molecule has 0 amide bonds. The van der Waals surface area contributed by atoms with Crippen molar-refractivity contribution in [2.75, 3.05) is 0 Å². The molecule has 2 bridgehead atoms. The van der Waals surface area contributed by atoms with Crippen LogP contribution in [0, 0.1) is 17.8 Å². The van der Waals surface area contributed by atoms with Crippen LogP contribution >= 0.6 is 0 Å². The van der Waals surface area contributed by atoms with E-state index in [4.69, 9.17) is 24.7 Å². The van der Waals surface area contributed by atoms with E-state index in [2.05, 4.69) is 0 Å². The summed E-state index contributed by atoms with van der Waals surface area (Å²) in [5.74, 6) is -6.88. The van der Waals surface area contributed by atoms with Crippen LogP contribution < -0.4 is 5.73 Å². The minimum absolute atomic E-state index is 0.140. The van der Waals surface area contributed by atoms with Gasteiger partial charge in [-0.25, -0.2) is 0 Å². The fraction of sp³-hybridized carbons (Fsp3) is 0.660. The molecule has 368 valence electrons. The van der Waals surface area contributed by atoms with Gasteiger partial charge in [0.1, 0.15) is 18.1 Å². The number of aliphatic hydroxyl groups is 10. The second-order valence-electron chi connectivity index (χ2n) is 17.6. The molecule has 0 aliphatic carbocycles. The quantitative estimate of drug-likeness (QED) is 0.174. The SMILES string of the molecule is C[C@@H]1[C@H](O)[C@@H](C)/C=C/C=C/C=C/C=C/C=C/C=C/C=C/[C@H](O[C@@H]2O[C@H](C)[C@@H](O)[C@H](N)[C@@H]2O)CC2O[C@](O)(CC(O)C(O)CCC(O)CC(O)CC(O)CC(=O)O[C@H]1C)CC(O)C2C(=O)O. The fourth-order valence-electron chi connectivity index (χ4n) is 7.96. The number of hydrogen-bond acceptors (Lipinski definition) is 17. The van der Waals surface area contributed by atoms with Gasteiger partial charge in [-0.05, 0) is 39.5 Å². The Kier molecular flexibility index (Phi) is 23.6. The Morgan fingerprint density at radius 3 is 1.78 bits per heavy atom. The Bertz CT molecular complexity index is 1670. The number of fused-ring (bicyclic) bond motifs is 2. The zero-order valence-corrected chi connectivity index (χ0v) is 37.6. The van der Waals surface area contributed by atoms with Crippen LogP contribution in [0.25, 0.3) is 0 Å². The lowest BCUT2D eigenvalue weighted by Crippen LogP contribution is -2.61. The summed E-state index contributed by atoms with van der Waals surface area (Å²) in [6.07, 6.45) is 3.49. The van der Waals surface area contributed by atoms with Gasteiger partial charge in [0.15, 0.2) is 12.1 Å². The van der Waals surface area contributed by atoms with Crippen LogP contribution in [0.4, 0.5) is 0 Å². The standard InChI is InChI=1S/C47H73NO17/c1-27-17-15-13-11-9-7-5-6-8-10-12-14-16-18-34(64-46-44(58)41(48)43(57)30(4)63-46)24-38-40(45(59)60)37(54)26-47(61,65-38)25-36(53)35(52)20-19-31(49)21-32(50)22-33(51)23-39(55)62-29(3)28(2)42(27)56/h5-18,27-38,40-44,46,49-54,56-58,61H,19-26,48H2,1-4H3,(H,59,60)/b6-5+,9-7+,10-8+,13-11+,14-12+,17-15+,18-16+/t27-,28-,29-,30+,31?,32?,33?,34-,35?,36?,37?,38?,40?,41-,42+,43+,44-,46-,47+/m0/s1. The number of hydrogen-bond donors (Lipinski definition) is 12. The molecule has 0 spiro atoms. The van der Waals surface area contributed by atoms with E-state index in [9.17, 15) is 65.8 Å². The third-order valence-corrected chi connectivity index (χ3v) is 12.0. The smallest absolute Gasteiger partial charge is 0.311 e. The second kappa shape index (κ2) is 27.4. The van der Waals surface area contributed by atoms with Crippen molar-refractivity contribution < 1.29 is 84.7 Å². The number of carboxylic acids is 1. The minimum atomic E-state index is -2.36. The van der Waals surface area contributed by atoms with E-state index in [1.807, 2.05) is 13.0 Å². The molecule has 18 heteroatoms. The number of aliphatic carboxylic acids is 1. The predicted octanol–water partition coefficient (Wildman–Crippen LogP) is 0.712. The summed E-state index contributed by atoms with van der Waals surface area (Å²) in [5, 5.41) is 118. The number of ether oxygens (including phenoxy) is 4. The van der Waals surface area contributed by atoms with Gasteiger partial charge in [0, 0.05) is 31.1 Å². The summed E-state index contributed by atoms with van der Waals surface area (Å²) in [7, 11) is 0. The summed E-state index contributed by atoms with van der Waals surface area (Å²) in [6.45, 7) is 6.74. The zero-order valence-electron chi connectivity index (χ0n) is 37.6. The summed E-state index contributed by atoms with van der Waals surface area (Å²) >= 11 is 0. The van der Waals surface area contributed by atoms with Crippen molar-refractivity contribution in [3.8, 4) is 0 Å². The zero-order chi connectivity index (χ0) is 48.4. The number of nitrogens with two attached hydrogens (primary N) is 1. The van der Waals surface area contributed by atoms with Crippen LogP contribution in [-0.2, 0) is 28.5 Å². The molecular weight excluding hydrogens is 851 g/mol. The molecule has 19 atom stereocenters. The third-order valence-electron chi connectivity index (χ3n) is 12.0. The van der Waals surface area contributed by atoms with Crippen LogP contribution in [0.5, 0.6) is 0 Å². The topological polar surface area (TPSA) is 320 Å². The normalized spacial score (nSPS) is 45.5. The molecular formula is C47H73NO17. The molecule has 65 heavy (non-hydrogen) atoms. The van der Waals surface area contributed by atoms with E-state index in [-0.39, 0.29) is 38.0 Å². The first kappa shape index (κ1) is 55.9. The molecule has 0 aromatic rings. The molecule has 2 fully saturated rings. The van der Waals surface area contributed by atoms with Crippen LogP contribution in [0.1, 0.15) is 79.1 Å². The van der Waals surface area contributed by atoms with Gasteiger partial charge in [-0.2, -0.15) is 0 Å². The molecule has 3 aliphatic heterocycles. The maximum absolute atomic E-state index is 12.6. The van der Waals surface area contributed by atoms with Crippen molar-refractivity contribution in [1.29, 1.82) is 0 Å². The van der Waals surface area contributed by atoms with Gasteiger partial charge in [0.2, 0.25) is 0 Å². The molecule has 3 rings (SSSR count). The Hall–Kier alpha value is -3.44. The number of allylic oxidation sites excluding steroid dienone is 12. The highest BCUT2D eigenvalue weighted by Crippen LogP contribution is 2.38. The number of cyclic esters (lactones) is 1. The molecule has 2 saturated heterocycles. The molecule has 3 heterocycles. The molecule has 8 unspecified atom stereocenters. The molecule has 0 aromatic carbocycles. The summed E-state index contributed by atoms with van der Waals surface area (Å²) in [6, 6.07) is -1.15. The van der Waals surface area contributed by atoms with E-state index in [1.165, 1.54) is 13.0 Å². The van der Waals surface area contributed by atoms with Crippen LogP contribution in [0.15, 0.2) is 85.1 Å². The Morgan fingerprint density at radius 1 is 0.662 bits per heavy atom. The lowest BCUT2D eigenvalue weighted by atomic mass is 9.82. The van der Waals surface area contributed by atoms with Crippen molar-refractivity contribution in [1.82, 2.24) is 0 Å². The van der Waals surface area contributed by atoms with Crippen molar-refractivity contribution in [2.45, 2.75) is 177 Å². The van der Waals surface area contributed by atoms with E-state index >= 15 is 0 Å². The van der Waals surface area contributed by atoms with Crippen LogP contribution in [0.2, 0.25) is 0 Å². The average molecular weight is 924 g/mol. The highest BCUT2D eigenvalue weighted by atomic mass is 16.7. The monoisotopic (exact) mass is 923 g/mol. The molecule has 18 nitrogen and oxygen atoms in total. The maximum atomic E-state index is 12.6. The fourth-order valence-corrected chi connectivity index (χ4v) is 7.96. The lowest BCUT2D eigenvalue weighted by Gasteiger charge is -2.45. The lowest BCUT2D eigenvalue weighted by molar-refractivity contribution is -0.310. The number of esters is 1. The molecule has 0 radical (unpaired) electrons. The molecule has 0 aromatic heterocycles. The maximum Gasteiger partial charge on any atom is 0.311 e. The number of carbonyl (C=O) groups excluding carboxylic acids is 1. The van der Waals surface area contributed by atoms with Gasteiger partial charge in [0.05, 0.1) is 79.6 Å². The van der Waals surface area contributed by atoms with Gasteiger partial charge < -0.3 is 80.9 Å². The predicted molar refractivity (Wildman–Crippen MR) is 237 cm³/mol. The molecule has 3 aliphatic rings. The van der Waals surface area contributed by atoms with Crippen LogP contribution in [-0.4, -0.2) is 166 Å². The van der Waals surface area contributed by atoms with Gasteiger partial charge in [-0.15, -0.1) is 0 Å².